The van der Waals surface area contributed by atoms with Crippen LogP contribution < -0.4 is 9.47 Å². The molecule has 0 radical (unpaired) electrons. The number of hydrogen-bond donors (Lipinski definition) is 0. The lowest BCUT2D eigenvalue weighted by atomic mass is 10.2. The lowest BCUT2D eigenvalue weighted by molar-refractivity contribution is 0.263. The number of fused-ring (bicyclic) bond motifs is 1. The maximum Gasteiger partial charge on any atom is 0.233 e. The van der Waals surface area contributed by atoms with Crippen LogP contribution in [0.2, 0.25) is 0 Å². The summed E-state index contributed by atoms with van der Waals surface area (Å²) in [6, 6.07) is 5.90. The van der Waals surface area contributed by atoms with E-state index in [4.69, 9.17) is 14.2 Å². The third kappa shape index (κ3) is 1.83. The molecule has 1 saturated heterocycles. The van der Waals surface area contributed by atoms with Gasteiger partial charge in [-0.15, -0.1) is 0 Å². The van der Waals surface area contributed by atoms with Gasteiger partial charge in [-0.3, -0.25) is 0 Å². The first-order valence-electron chi connectivity index (χ1n) is 5.04. The number of ether oxygens (including phenoxy) is 3. The summed E-state index contributed by atoms with van der Waals surface area (Å²) in [5.74, 6) is 1.50. The van der Waals surface area contributed by atoms with Crippen LogP contribution in [0.3, 0.4) is 0 Å². The first-order valence-corrected chi connectivity index (χ1v) is 5.82. The molecular weight excluding hydrogens is 226 g/mol. The van der Waals surface area contributed by atoms with Gasteiger partial charge in [-0.05, 0) is 29.7 Å². The van der Waals surface area contributed by atoms with Crippen molar-refractivity contribution >= 4 is 21.6 Å². The smallest absolute Gasteiger partial charge is 0.233 e. The van der Waals surface area contributed by atoms with Crippen LogP contribution in [0.1, 0.15) is 0 Å². The van der Waals surface area contributed by atoms with E-state index >= 15 is 0 Å². The van der Waals surface area contributed by atoms with Gasteiger partial charge in [-0.25, -0.2) is 0 Å². The molecule has 2 heterocycles. The fourth-order valence-corrected chi connectivity index (χ4v) is 2.21. The summed E-state index contributed by atoms with van der Waals surface area (Å²) in [5.41, 5.74) is 0. The normalized spacial score (nSPS) is 18.7. The van der Waals surface area contributed by atoms with Crippen LogP contribution >= 0.6 is 11.5 Å². The number of benzene rings is 1. The summed E-state index contributed by atoms with van der Waals surface area (Å²) in [5, 5.41) is 1.00. The van der Waals surface area contributed by atoms with Gasteiger partial charge in [0.25, 0.3) is 0 Å². The van der Waals surface area contributed by atoms with Gasteiger partial charge in [0.2, 0.25) is 5.88 Å². The standard InChI is InChI=1S/C11H11NO3S/c1-13-11-9-4-7(14-5-8-6-15-8)2-3-10(9)16-12-11/h2-4,8H,5-6H2,1H3. The van der Waals surface area contributed by atoms with Crippen molar-refractivity contribution in [3.05, 3.63) is 18.2 Å². The molecule has 4 nitrogen and oxygen atoms in total. The van der Waals surface area contributed by atoms with Crippen LogP contribution in [0.4, 0.5) is 0 Å². The molecular formula is C11H11NO3S. The van der Waals surface area contributed by atoms with E-state index < -0.39 is 0 Å². The van der Waals surface area contributed by atoms with Crippen LogP contribution in [-0.2, 0) is 4.74 Å². The summed E-state index contributed by atoms with van der Waals surface area (Å²) < 4.78 is 21.2. The molecule has 0 spiro atoms. The van der Waals surface area contributed by atoms with Gasteiger partial charge in [-0.1, -0.05) is 0 Å². The van der Waals surface area contributed by atoms with Crippen LogP contribution in [0, 0.1) is 0 Å². The zero-order valence-electron chi connectivity index (χ0n) is 8.80. The van der Waals surface area contributed by atoms with E-state index in [2.05, 4.69) is 4.37 Å². The molecule has 5 heteroatoms. The highest BCUT2D eigenvalue weighted by Gasteiger charge is 2.23. The number of nitrogens with zero attached hydrogens (tertiary/aromatic N) is 1. The highest BCUT2D eigenvalue weighted by molar-refractivity contribution is 7.13. The second kappa shape index (κ2) is 3.92. The average Bonchev–Trinajstić information content (AvgIpc) is 3.05. The molecule has 0 amide bonds. The third-order valence-electron chi connectivity index (χ3n) is 2.44. The van der Waals surface area contributed by atoms with E-state index in [1.165, 1.54) is 11.5 Å². The fourth-order valence-electron chi connectivity index (χ4n) is 1.49. The largest absolute Gasteiger partial charge is 0.491 e. The van der Waals surface area contributed by atoms with Crippen molar-refractivity contribution in [1.29, 1.82) is 0 Å². The Morgan fingerprint density at radius 3 is 3.19 bits per heavy atom. The molecule has 1 aliphatic heterocycles. The second-order valence-corrected chi connectivity index (χ2v) is 4.42. The molecule has 0 N–H and O–H groups in total. The first kappa shape index (κ1) is 9.86. The van der Waals surface area contributed by atoms with Crippen molar-refractivity contribution in [3.63, 3.8) is 0 Å². The zero-order valence-corrected chi connectivity index (χ0v) is 9.62. The quantitative estimate of drug-likeness (QED) is 0.764. The highest BCUT2D eigenvalue weighted by Crippen LogP contribution is 2.31. The Bertz CT molecular complexity index is 507. The average molecular weight is 237 g/mol. The van der Waals surface area contributed by atoms with Gasteiger partial charge in [0.1, 0.15) is 18.5 Å². The van der Waals surface area contributed by atoms with Crippen molar-refractivity contribution < 1.29 is 14.2 Å². The molecule has 1 aromatic carbocycles. The number of aromatic nitrogens is 1. The summed E-state index contributed by atoms with van der Waals surface area (Å²) in [7, 11) is 1.63. The van der Waals surface area contributed by atoms with Crippen LogP contribution in [0.15, 0.2) is 18.2 Å². The van der Waals surface area contributed by atoms with E-state index in [1.54, 1.807) is 7.11 Å². The first-order chi connectivity index (χ1) is 7.86. The van der Waals surface area contributed by atoms with Crippen molar-refractivity contribution in [2.24, 2.45) is 0 Å². The van der Waals surface area contributed by atoms with Gasteiger partial charge in [0, 0.05) is 0 Å². The molecule has 1 aromatic heterocycles. The SMILES string of the molecule is COc1nsc2ccc(OCC3CO3)cc12. The minimum absolute atomic E-state index is 0.276. The molecule has 16 heavy (non-hydrogen) atoms. The molecule has 0 bridgehead atoms. The molecule has 0 saturated carbocycles. The van der Waals surface area contributed by atoms with Gasteiger partial charge >= 0.3 is 0 Å². The summed E-state index contributed by atoms with van der Waals surface area (Å²) in [6.07, 6.45) is 0.276. The minimum atomic E-state index is 0.276. The van der Waals surface area contributed by atoms with Gasteiger partial charge in [0.15, 0.2) is 0 Å². The molecule has 1 aliphatic rings. The van der Waals surface area contributed by atoms with Crippen LogP contribution in [-0.4, -0.2) is 30.8 Å². The fraction of sp³-hybridized carbons (Fsp3) is 0.364. The van der Waals surface area contributed by atoms with Crippen LogP contribution in [0.5, 0.6) is 11.6 Å². The number of rotatable bonds is 4. The summed E-state index contributed by atoms with van der Waals surface area (Å²) in [4.78, 5) is 0. The van der Waals surface area contributed by atoms with Crippen molar-refractivity contribution in [1.82, 2.24) is 4.37 Å². The highest BCUT2D eigenvalue weighted by atomic mass is 32.1. The third-order valence-corrected chi connectivity index (χ3v) is 3.25. The van der Waals surface area contributed by atoms with Crippen molar-refractivity contribution in [2.45, 2.75) is 6.10 Å². The molecule has 1 unspecified atom stereocenters. The Labute approximate surface area is 96.9 Å². The zero-order chi connectivity index (χ0) is 11.0. The number of methoxy groups -OCH3 is 1. The lowest BCUT2D eigenvalue weighted by Gasteiger charge is -2.03. The minimum Gasteiger partial charge on any atom is -0.491 e. The van der Waals surface area contributed by atoms with Crippen molar-refractivity contribution in [2.75, 3.05) is 20.3 Å². The monoisotopic (exact) mass is 237 g/mol. The predicted molar refractivity (Wildman–Crippen MR) is 61.4 cm³/mol. The second-order valence-electron chi connectivity index (χ2n) is 3.62. The van der Waals surface area contributed by atoms with E-state index in [-0.39, 0.29) is 6.10 Å². The van der Waals surface area contributed by atoms with Gasteiger partial charge in [-0.2, -0.15) is 4.37 Å². The Morgan fingerprint density at radius 1 is 1.56 bits per heavy atom. The molecule has 0 aliphatic carbocycles. The summed E-state index contributed by atoms with van der Waals surface area (Å²) >= 11 is 1.43. The molecule has 1 atom stereocenters. The molecule has 2 aromatic rings. The Morgan fingerprint density at radius 2 is 2.44 bits per heavy atom. The maximum absolute atomic E-state index is 5.60. The Kier molecular flexibility index (Phi) is 2.41. The van der Waals surface area contributed by atoms with Crippen molar-refractivity contribution in [3.8, 4) is 11.6 Å². The van der Waals surface area contributed by atoms with E-state index in [1.807, 2.05) is 18.2 Å². The molecule has 84 valence electrons. The number of epoxide rings is 1. The lowest BCUT2D eigenvalue weighted by Crippen LogP contribution is -2.03. The van der Waals surface area contributed by atoms with Gasteiger partial charge < -0.3 is 14.2 Å². The summed E-state index contributed by atoms with van der Waals surface area (Å²) in [6.45, 7) is 1.43. The van der Waals surface area contributed by atoms with Gasteiger partial charge in [0.05, 0.1) is 23.8 Å². The molecule has 3 rings (SSSR count). The van der Waals surface area contributed by atoms with E-state index in [9.17, 15) is 0 Å². The Balaban J connectivity index is 1.87. The predicted octanol–water partition coefficient (Wildman–Crippen LogP) is 2.08. The number of hydrogen-bond acceptors (Lipinski definition) is 5. The maximum atomic E-state index is 5.60. The van der Waals surface area contributed by atoms with E-state index in [0.717, 1.165) is 22.4 Å². The topological polar surface area (TPSA) is 43.9 Å². The van der Waals surface area contributed by atoms with E-state index in [0.29, 0.717) is 12.5 Å². The molecule has 1 fully saturated rings. The Hall–Kier alpha value is -1.33. The van der Waals surface area contributed by atoms with Crippen LogP contribution in [0.25, 0.3) is 10.1 Å².